The summed E-state index contributed by atoms with van der Waals surface area (Å²) in [6, 6.07) is 0. The van der Waals surface area contributed by atoms with Crippen molar-refractivity contribution in [3.63, 3.8) is 0 Å². The van der Waals surface area contributed by atoms with Crippen LogP contribution < -0.4 is 0 Å². The lowest BCUT2D eigenvalue weighted by Gasteiger charge is -2.02. The maximum Gasteiger partial charge on any atom is 0.341 e. The van der Waals surface area contributed by atoms with Gasteiger partial charge in [0.1, 0.15) is 15.6 Å². The molecule has 98 valence electrons. The van der Waals surface area contributed by atoms with Crippen LogP contribution in [-0.2, 0) is 9.53 Å². The van der Waals surface area contributed by atoms with Gasteiger partial charge in [0.2, 0.25) is 6.08 Å². The third-order valence-electron chi connectivity index (χ3n) is 2.33. The summed E-state index contributed by atoms with van der Waals surface area (Å²) >= 11 is 1.13. The Hall–Kier alpha value is -2.31. The van der Waals surface area contributed by atoms with Gasteiger partial charge in [0, 0.05) is 5.56 Å². The molecule has 0 aliphatic rings. The number of aromatic nitrogens is 3. The summed E-state index contributed by atoms with van der Waals surface area (Å²) in [5.74, 6) is -0.524. The van der Waals surface area contributed by atoms with Crippen molar-refractivity contribution in [2.45, 2.75) is 13.8 Å². The zero-order valence-corrected chi connectivity index (χ0v) is 11.1. The van der Waals surface area contributed by atoms with E-state index in [9.17, 15) is 9.59 Å². The van der Waals surface area contributed by atoms with E-state index in [2.05, 4.69) is 15.2 Å². The van der Waals surface area contributed by atoms with Crippen LogP contribution in [0.2, 0.25) is 0 Å². The van der Waals surface area contributed by atoms with Gasteiger partial charge < -0.3 is 4.74 Å². The fourth-order valence-corrected chi connectivity index (χ4v) is 2.60. The molecular formula is C11H10N4O3S. The molecule has 2 aromatic rings. The van der Waals surface area contributed by atoms with E-state index in [1.165, 1.54) is 23.3 Å². The molecule has 19 heavy (non-hydrogen) atoms. The van der Waals surface area contributed by atoms with Gasteiger partial charge in [-0.2, -0.15) is 15.2 Å². The Kier molecular flexibility index (Phi) is 3.84. The van der Waals surface area contributed by atoms with Gasteiger partial charge in [0.05, 0.1) is 19.0 Å². The molecule has 0 fully saturated rings. The molecule has 0 bridgehead atoms. The number of hydrogen-bond acceptors (Lipinski definition) is 7. The zero-order chi connectivity index (χ0) is 13.8. The molecule has 0 amide bonds. The molecule has 2 rings (SSSR count). The molecule has 0 aliphatic carbocycles. The van der Waals surface area contributed by atoms with Crippen LogP contribution in [0.25, 0.3) is 5.00 Å². The van der Waals surface area contributed by atoms with Gasteiger partial charge in [-0.25, -0.2) is 9.59 Å². The van der Waals surface area contributed by atoms with Crippen molar-refractivity contribution >= 4 is 28.4 Å². The third-order valence-corrected chi connectivity index (χ3v) is 3.48. The highest BCUT2D eigenvalue weighted by Gasteiger charge is 2.23. The number of nitrogens with zero attached hydrogens (tertiary/aromatic N) is 4. The molecule has 0 saturated heterocycles. The highest BCUT2D eigenvalue weighted by atomic mass is 32.1. The number of thiophene rings is 1. The number of isocyanates is 1. The van der Waals surface area contributed by atoms with Crippen molar-refractivity contribution in [3.8, 4) is 5.00 Å². The smallest absolute Gasteiger partial charge is 0.341 e. The van der Waals surface area contributed by atoms with Crippen LogP contribution in [0.5, 0.6) is 0 Å². The minimum absolute atomic E-state index is 0.244. The quantitative estimate of drug-likeness (QED) is 0.483. The Balaban J connectivity index is 2.58. The van der Waals surface area contributed by atoms with E-state index < -0.39 is 5.97 Å². The van der Waals surface area contributed by atoms with E-state index in [1.807, 2.05) is 0 Å². The van der Waals surface area contributed by atoms with Gasteiger partial charge in [-0.3, -0.25) is 0 Å². The maximum absolute atomic E-state index is 11.9. The van der Waals surface area contributed by atoms with Crippen LogP contribution in [0, 0.1) is 6.92 Å². The van der Waals surface area contributed by atoms with Crippen molar-refractivity contribution in [2.75, 3.05) is 6.61 Å². The van der Waals surface area contributed by atoms with Crippen LogP contribution in [0.3, 0.4) is 0 Å². The van der Waals surface area contributed by atoms with Gasteiger partial charge in [-0.05, 0) is 13.8 Å². The molecule has 2 aromatic heterocycles. The van der Waals surface area contributed by atoms with E-state index >= 15 is 0 Å². The van der Waals surface area contributed by atoms with Crippen molar-refractivity contribution in [3.05, 3.63) is 23.5 Å². The second-order valence-electron chi connectivity index (χ2n) is 3.45. The largest absolute Gasteiger partial charge is 0.462 e. The summed E-state index contributed by atoms with van der Waals surface area (Å²) in [6.45, 7) is 3.68. The Morgan fingerprint density at radius 1 is 1.53 bits per heavy atom. The highest BCUT2D eigenvalue weighted by Crippen LogP contribution is 2.37. The minimum Gasteiger partial charge on any atom is -0.462 e. The van der Waals surface area contributed by atoms with Crippen LogP contribution in [-0.4, -0.2) is 33.6 Å². The highest BCUT2D eigenvalue weighted by molar-refractivity contribution is 7.18. The van der Waals surface area contributed by atoms with Gasteiger partial charge >= 0.3 is 5.97 Å². The Bertz CT molecular complexity index is 641. The molecule has 0 aliphatic heterocycles. The molecule has 0 atom stereocenters. The molecule has 0 aromatic carbocycles. The molecule has 8 heteroatoms. The number of ether oxygens (including phenoxy) is 1. The lowest BCUT2D eigenvalue weighted by atomic mass is 10.2. The molecule has 0 radical (unpaired) electrons. The standard InChI is InChI=1S/C11H10N4O3S/c1-3-18-11(17)8-7(2)10(15-13-4-5-14-15)19-9(8)12-6-16/h4-5H,3H2,1-2H3. The Morgan fingerprint density at radius 3 is 2.79 bits per heavy atom. The van der Waals surface area contributed by atoms with Crippen molar-refractivity contribution in [1.82, 2.24) is 15.0 Å². The summed E-state index contributed by atoms with van der Waals surface area (Å²) < 4.78 is 4.95. The van der Waals surface area contributed by atoms with E-state index in [0.29, 0.717) is 10.6 Å². The fraction of sp³-hybridized carbons (Fsp3) is 0.273. The molecule has 2 heterocycles. The first-order chi connectivity index (χ1) is 9.19. The molecule has 7 nitrogen and oxygen atoms in total. The molecule has 0 spiro atoms. The Labute approximate surface area is 112 Å². The lowest BCUT2D eigenvalue weighted by Crippen LogP contribution is -2.06. The molecule has 0 saturated carbocycles. The first-order valence-electron chi connectivity index (χ1n) is 5.44. The molecular weight excluding hydrogens is 268 g/mol. The van der Waals surface area contributed by atoms with Gasteiger partial charge in [-0.1, -0.05) is 11.3 Å². The number of carbonyl (C=O) groups is 1. The monoisotopic (exact) mass is 278 g/mol. The average molecular weight is 278 g/mol. The third kappa shape index (κ3) is 2.44. The van der Waals surface area contributed by atoms with E-state index in [1.54, 1.807) is 13.8 Å². The maximum atomic E-state index is 11.9. The van der Waals surface area contributed by atoms with Crippen LogP contribution >= 0.6 is 11.3 Å². The topological polar surface area (TPSA) is 86.4 Å². The van der Waals surface area contributed by atoms with Crippen molar-refractivity contribution in [2.24, 2.45) is 4.99 Å². The summed E-state index contributed by atoms with van der Waals surface area (Å²) in [5, 5.41) is 8.84. The number of hydrogen-bond donors (Lipinski definition) is 0. The normalized spacial score (nSPS) is 10.0. The summed E-state index contributed by atoms with van der Waals surface area (Å²) in [4.78, 5) is 27.2. The van der Waals surface area contributed by atoms with Gasteiger partial charge in [0.25, 0.3) is 0 Å². The predicted molar refractivity (Wildman–Crippen MR) is 67.7 cm³/mol. The van der Waals surface area contributed by atoms with Crippen molar-refractivity contribution < 1.29 is 14.3 Å². The number of rotatable bonds is 4. The summed E-state index contributed by atoms with van der Waals surface area (Å²) in [6.07, 6.45) is 4.47. The SMILES string of the molecule is CCOC(=O)c1c(N=C=O)sc(-n2nccn2)c1C. The zero-order valence-electron chi connectivity index (χ0n) is 10.3. The van der Waals surface area contributed by atoms with Crippen LogP contribution in [0.1, 0.15) is 22.8 Å². The number of esters is 1. The van der Waals surface area contributed by atoms with Crippen LogP contribution in [0.15, 0.2) is 17.4 Å². The first-order valence-corrected chi connectivity index (χ1v) is 6.25. The summed E-state index contributed by atoms with van der Waals surface area (Å²) in [5.41, 5.74) is 0.871. The van der Waals surface area contributed by atoms with Gasteiger partial charge in [-0.15, -0.1) is 4.80 Å². The van der Waals surface area contributed by atoms with E-state index in [-0.39, 0.29) is 17.2 Å². The second-order valence-corrected chi connectivity index (χ2v) is 4.43. The van der Waals surface area contributed by atoms with Crippen molar-refractivity contribution in [1.29, 1.82) is 0 Å². The summed E-state index contributed by atoms with van der Waals surface area (Å²) in [7, 11) is 0. The minimum atomic E-state index is -0.524. The fourth-order valence-electron chi connectivity index (χ4n) is 1.56. The van der Waals surface area contributed by atoms with Gasteiger partial charge in [0.15, 0.2) is 0 Å². The average Bonchev–Trinajstić information content (AvgIpc) is 2.98. The molecule has 0 N–H and O–H groups in total. The molecule has 0 unspecified atom stereocenters. The van der Waals surface area contributed by atoms with Crippen LogP contribution in [0.4, 0.5) is 5.00 Å². The first kappa shape index (κ1) is 13.1. The second kappa shape index (κ2) is 5.55. The number of carbonyl (C=O) groups excluding carboxylic acids is 2. The predicted octanol–water partition coefficient (Wildman–Crippen LogP) is 1.78. The number of aliphatic imine (C=N–C) groups is 1. The lowest BCUT2D eigenvalue weighted by molar-refractivity contribution is 0.0527. The van der Waals surface area contributed by atoms with E-state index in [4.69, 9.17) is 4.74 Å². The van der Waals surface area contributed by atoms with E-state index in [0.717, 1.165) is 11.3 Å². The Morgan fingerprint density at radius 2 is 2.21 bits per heavy atom.